The van der Waals surface area contributed by atoms with E-state index in [9.17, 15) is 31.9 Å². The summed E-state index contributed by atoms with van der Waals surface area (Å²) in [5.74, 6) is -5.43. The number of alkyl halides is 5. The molecular formula is C19H24F5N3O2. The molecule has 0 spiro atoms. The van der Waals surface area contributed by atoms with Crippen LogP contribution in [-0.4, -0.2) is 49.4 Å². The van der Waals surface area contributed by atoms with Crippen LogP contribution in [0.15, 0.2) is 12.1 Å². The number of carbonyl (C=O) groups is 1. The first-order valence-corrected chi connectivity index (χ1v) is 9.55. The first-order valence-electron chi connectivity index (χ1n) is 9.55. The Balaban J connectivity index is 1.81. The molecular weight excluding hydrogens is 397 g/mol. The zero-order valence-corrected chi connectivity index (χ0v) is 16.0. The van der Waals surface area contributed by atoms with Crippen LogP contribution in [0.25, 0.3) is 0 Å². The standard InChI is InChI=1S/C19H24F5N3O2/c1-25-14-9-16(27-7-6-18(20,21)10-27)13(17(28)29)8-15(14)26-12-4-2-11(3-5-12)19(22,23)24/h8-9,11-12,25-26H,2-7,10H2,1H3,(H,28,29). The van der Waals surface area contributed by atoms with Gasteiger partial charge in [0.1, 0.15) is 0 Å². The lowest BCUT2D eigenvalue weighted by molar-refractivity contribution is -0.182. The molecule has 0 unspecified atom stereocenters. The molecule has 5 nitrogen and oxygen atoms in total. The topological polar surface area (TPSA) is 64.6 Å². The third-order valence-corrected chi connectivity index (χ3v) is 5.70. The summed E-state index contributed by atoms with van der Waals surface area (Å²) in [5, 5.41) is 15.6. The van der Waals surface area contributed by atoms with Crippen molar-refractivity contribution in [3.63, 3.8) is 0 Å². The van der Waals surface area contributed by atoms with Gasteiger partial charge >= 0.3 is 12.1 Å². The SMILES string of the molecule is CNc1cc(N2CCC(F)(F)C2)c(C(=O)O)cc1NC1CCC(C(F)(F)F)CC1. The molecule has 1 heterocycles. The zero-order chi connectivity index (χ0) is 21.4. The maximum Gasteiger partial charge on any atom is 0.391 e. The summed E-state index contributed by atoms with van der Waals surface area (Å²) in [7, 11) is 1.61. The van der Waals surface area contributed by atoms with Gasteiger partial charge < -0.3 is 20.6 Å². The second-order valence-corrected chi connectivity index (χ2v) is 7.73. The molecule has 29 heavy (non-hydrogen) atoms. The van der Waals surface area contributed by atoms with E-state index < -0.39 is 30.5 Å². The molecule has 3 rings (SSSR count). The summed E-state index contributed by atoms with van der Waals surface area (Å²) >= 11 is 0. The second-order valence-electron chi connectivity index (χ2n) is 7.73. The van der Waals surface area contributed by atoms with Gasteiger partial charge in [-0.1, -0.05) is 0 Å². The van der Waals surface area contributed by atoms with E-state index in [-0.39, 0.29) is 43.1 Å². The van der Waals surface area contributed by atoms with E-state index in [4.69, 9.17) is 0 Å². The highest BCUT2D eigenvalue weighted by atomic mass is 19.4. The van der Waals surface area contributed by atoms with Crippen LogP contribution in [0.3, 0.4) is 0 Å². The Morgan fingerprint density at radius 1 is 1.17 bits per heavy atom. The fraction of sp³-hybridized carbons (Fsp3) is 0.632. The maximum absolute atomic E-state index is 13.6. The largest absolute Gasteiger partial charge is 0.478 e. The van der Waals surface area contributed by atoms with Crippen LogP contribution in [0.5, 0.6) is 0 Å². The summed E-state index contributed by atoms with van der Waals surface area (Å²) < 4.78 is 65.8. The summed E-state index contributed by atoms with van der Waals surface area (Å²) in [5.41, 5.74) is 1.03. The van der Waals surface area contributed by atoms with Crippen molar-refractivity contribution in [3.05, 3.63) is 17.7 Å². The van der Waals surface area contributed by atoms with E-state index in [2.05, 4.69) is 10.6 Å². The number of nitrogens with zero attached hydrogens (tertiary/aromatic N) is 1. The minimum Gasteiger partial charge on any atom is -0.478 e. The predicted molar refractivity (Wildman–Crippen MR) is 100 cm³/mol. The summed E-state index contributed by atoms with van der Waals surface area (Å²) in [4.78, 5) is 13.1. The van der Waals surface area contributed by atoms with Crippen LogP contribution >= 0.6 is 0 Å². The van der Waals surface area contributed by atoms with Crippen molar-refractivity contribution < 1.29 is 31.9 Å². The molecule has 0 bridgehead atoms. The van der Waals surface area contributed by atoms with Gasteiger partial charge in [-0.25, -0.2) is 13.6 Å². The molecule has 0 amide bonds. The monoisotopic (exact) mass is 421 g/mol. The van der Waals surface area contributed by atoms with Crippen LogP contribution in [-0.2, 0) is 0 Å². The number of hydrogen-bond donors (Lipinski definition) is 3. The van der Waals surface area contributed by atoms with Gasteiger partial charge in [-0.3, -0.25) is 0 Å². The highest BCUT2D eigenvalue weighted by Crippen LogP contribution is 2.40. The first kappa shape index (κ1) is 21.4. The Bertz CT molecular complexity index is 761. The number of aromatic carboxylic acids is 1. The molecule has 10 heteroatoms. The summed E-state index contributed by atoms with van der Waals surface area (Å²) in [6.45, 7) is -0.505. The minimum atomic E-state index is -4.20. The third kappa shape index (κ3) is 4.84. The van der Waals surface area contributed by atoms with Crippen molar-refractivity contribution in [3.8, 4) is 0 Å². The van der Waals surface area contributed by atoms with Gasteiger partial charge in [0.2, 0.25) is 0 Å². The van der Waals surface area contributed by atoms with Crippen molar-refractivity contribution in [1.29, 1.82) is 0 Å². The summed E-state index contributed by atoms with van der Waals surface area (Å²) in [6, 6.07) is 2.66. The summed E-state index contributed by atoms with van der Waals surface area (Å²) in [6.07, 6.45) is -3.88. The third-order valence-electron chi connectivity index (χ3n) is 5.70. The molecule has 3 N–H and O–H groups in total. The highest BCUT2D eigenvalue weighted by Gasteiger charge is 2.42. The average molecular weight is 421 g/mol. The Hall–Kier alpha value is -2.26. The molecule has 1 aromatic rings. The number of carboxylic acid groups (broad SMARTS) is 1. The van der Waals surface area contributed by atoms with Gasteiger partial charge in [0.15, 0.2) is 0 Å². The van der Waals surface area contributed by atoms with Gasteiger partial charge in [0.25, 0.3) is 5.92 Å². The number of anilines is 3. The molecule has 2 aliphatic rings. The molecule has 1 aromatic carbocycles. The number of rotatable bonds is 5. The van der Waals surface area contributed by atoms with Crippen molar-refractivity contribution >= 4 is 23.0 Å². The van der Waals surface area contributed by atoms with Gasteiger partial charge in [-0.2, -0.15) is 13.2 Å². The fourth-order valence-corrected chi connectivity index (χ4v) is 4.07. The first-order chi connectivity index (χ1) is 13.5. The lowest BCUT2D eigenvalue weighted by Gasteiger charge is -2.32. The van der Waals surface area contributed by atoms with E-state index in [0.717, 1.165) is 0 Å². The predicted octanol–water partition coefficient (Wildman–Crippen LogP) is 4.80. The molecule has 1 saturated carbocycles. The van der Waals surface area contributed by atoms with Crippen molar-refractivity contribution in [2.75, 3.05) is 35.7 Å². The van der Waals surface area contributed by atoms with E-state index >= 15 is 0 Å². The Morgan fingerprint density at radius 3 is 2.31 bits per heavy atom. The fourth-order valence-electron chi connectivity index (χ4n) is 4.07. The molecule has 1 saturated heterocycles. The van der Waals surface area contributed by atoms with Crippen LogP contribution in [0.4, 0.5) is 39.0 Å². The second kappa shape index (κ2) is 7.87. The lowest BCUT2D eigenvalue weighted by Crippen LogP contribution is -2.33. The van der Waals surface area contributed by atoms with Gasteiger partial charge in [0.05, 0.1) is 35.1 Å². The van der Waals surface area contributed by atoms with Crippen molar-refractivity contribution in [2.24, 2.45) is 5.92 Å². The van der Waals surface area contributed by atoms with Crippen LogP contribution < -0.4 is 15.5 Å². The van der Waals surface area contributed by atoms with Crippen molar-refractivity contribution in [1.82, 2.24) is 0 Å². The van der Waals surface area contributed by atoms with Gasteiger partial charge in [-0.15, -0.1) is 0 Å². The van der Waals surface area contributed by atoms with E-state index in [1.807, 2.05) is 0 Å². The molecule has 1 aliphatic carbocycles. The van der Waals surface area contributed by atoms with E-state index in [0.29, 0.717) is 24.2 Å². The zero-order valence-electron chi connectivity index (χ0n) is 16.0. The molecule has 0 radical (unpaired) electrons. The van der Waals surface area contributed by atoms with Gasteiger partial charge in [0, 0.05) is 26.1 Å². The average Bonchev–Trinajstić information content (AvgIpc) is 3.00. The molecule has 0 aromatic heterocycles. The van der Waals surface area contributed by atoms with Gasteiger partial charge in [-0.05, 0) is 37.8 Å². The quantitative estimate of drug-likeness (QED) is 0.596. The number of benzene rings is 1. The maximum atomic E-state index is 13.6. The Morgan fingerprint density at radius 2 is 1.83 bits per heavy atom. The molecule has 162 valence electrons. The minimum absolute atomic E-state index is 0.0167. The number of nitrogens with one attached hydrogen (secondary N) is 2. The Labute approximate surface area is 165 Å². The highest BCUT2D eigenvalue weighted by molar-refractivity contribution is 5.98. The van der Waals surface area contributed by atoms with Crippen LogP contribution in [0, 0.1) is 5.92 Å². The molecule has 1 aliphatic heterocycles. The Kier molecular flexibility index (Phi) is 5.82. The van der Waals surface area contributed by atoms with Crippen LogP contribution in [0.1, 0.15) is 42.5 Å². The number of halogens is 5. The van der Waals surface area contributed by atoms with E-state index in [1.165, 1.54) is 17.0 Å². The smallest absolute Gasteiger partial charge is 0.391 e. The van der Waals surface area contributed by atoms with Crippen LogP contribution in [0.2, 0.25) is 0 Å². The normalized spacial score (nSPS) is 24.4. The lowest BCUT2D eigenvalue weighted by atomic mass is 9.85. The molecule has 0 atom stereocenters. The van der Waals surface area contributed by atoms with E-state index in [1.54, 1.807) is 7.05 Å². The molecule has 2 fully saturated rings. The number of hydrogen-bond acceptors (Lipinski definition) is 4. The van der Waals surface area contributed by atoms with Crippen molar-refractivity contribution in [2.45, 2.75) is 50.2 Å². The number of carboxylic acids is 1.